The molecule has 0 aliphatic carbocycles. The van der Waals surface area contributed by atoms with Crippen LogP contribution in [0.3, 0.4) is 0 Å². The van der Waals surface area contributed by atoms with Gasteiger partial charge in [-0.1, -0.05) is 18.2 Å². The molecule has 3 N–H and O–H groups in total. The summed E-state index contributed by atoms with van der Waals surface area (Å²) in [6.45, 7) is 3.40. The number of piperidine rings is 1. The summed E-state index contributed by atoms with van der Waals surface area (Å²) in [5.41, 5.74) is 9.37. The summed E-state index contributed by atoms with van der Waals surface area (Å²) in [5, 5.41) is 3.32. The normalized spacial score (nSPS) is 18.0. The molecule has 5 rings (SSSR count). The second-order valence-electron chi connectivity index (χ2n) is 10.0. The number of rotatable bonds is 6. The van der Waals surface area contributed by atoms with Crippen LogP contribution in [0.15, 0.2) is 48.5 Å². The lowest BCUT2D eigenvalue weighted by atomic mass is 9.90. The van der Waals surface area contributed by atoms with Crippen LogP contribution in [0.5, 0.6) is 0 Å². The fourth-order valence-corrected chi connectivity index (χ4v) is 5.40. The third-order valence-electron chi connectivity index (χ3n) is 7.46. The van der Waals surface area contributed by atoms with Gasteiger partial charge in [0.2, 0.25) is 5.91 Å². The highest BCUT2D eigenvalue weighted by Gasteiger charge is 2.40. The lowest BCUT2D eigenvalue weighted by Crippen LogP contribution is -2.58. The number of fused-ring (bicyclic) bond motifs is 2. The Kier molecular flexibility index (Phi) is 6.61. The number of carbonyl (C=O) groups excluding carboxylic acids is 3. The zero-order valence-corrected chi connectivity index (χ0v) is 21.9. The van der Waals surface area contributed by atoms with Crippen molar-refractivity contribution in [2.75, 3.05) is 13.1 Å². The van der Waals surface area contributed by atoms with Crippen molar-refractivity contribution in [3.05, 3.63) is 54.1 Å². The molecule has 2 atom stereocenters. The molecule has 3 amide bonds. The Hall–Kier alpha value is -4.28. The zero-order valence-electron chi connectivity index (χ0n) is 21.9. The molecule has 204 valence electrons. The molecular formula is C28H30F2N6O3. The largest absolute Gasteiger partial charge is 0.369 e. The Bertz CT molecular complexity index is 1600. The molecule has 11 heteroatoms. The Morgan fingerprint density at radius 1 is 1.13 bits per heavy atom. The van der Waals surface area contributed by atoms with Gasteiger partial charge in [-0.3, -0.25) is 14.4 Å². The highest BCUT2D eigenvalue weighted by molar-refractivity contribution is 5.98. The Balaban J connectivity index is 1.44. The number of hydrogen-bond acceptors (Lipinski definition) is 4. The summed E-state index contributed by atoms with van der Waals surface area (Å²) in [5.74, 6) is -6.29. The molecule has 0 radical (unpaired) electrons. The van der Waals surface area contributed by atoms with Crippen molar-refractivity contribution in [1.29, 1.82) is 0 Å². The molecule has 2 aromatic heterocycles. The average Bonchev–Trinajstić information content (AvgIpc) is 3.44. The number of aromatic nitrogens is 3. The summed E-state index contributed by atoms with van der Waals surface area (Å²) in [4.78, 5) is 43.6. The van der Waals surface area contributed by atoms with Crippen molar-refractivity contribution < 1.29 is 23.2 Å². The predicted octanol–water partition coefficient (Wildman–Crippen LogP) is 3.30. The van der Waals surface area contributed by atoms with Gasteiger partial charge in [-0.05, 0) is 43.7 Å². The first-order valence-electron chi connectivity index (χ1n) is 12.8. The summed E-state index contributed by atoms with van der Waals surface area (Å²) >= 11 is 0. The van der Waals surface area contributed by atoms with Crippen LogP contribution in [-0.4, -0.2) is 61.8 Å². The molecule has 1 aliphatic rings. The summed E-state index contributed by atoms with van der Waals surface area (Å²) in [6, 6.07) is 14.4. The molecule has 3 heterocycles. The van der Waals surface area contributed by atoms with Gasteiger partial charge in [-0.15, -0.1) is 0 Å². The number of nitrogens with zero attached hydrogens (tertiary/aromatic N) is 4. The molecule has 9 nitrogen and oxygen atoms in total. The monoisotopic (exact) mass is 536 g/mol. The van der Waals surface area contributed by atoms with Gasteiger partial charge < -0.3 is 25.1 Å². The summed E-state index contributed by atoms with van der Waals surface area (Å²) < 4.78 is 31.2. The van der Waals surface area contributed by atoms with Crippen LogP contribution in [0.25, 0.3) is 33.5 Å². The molecule has 0 saturated carbocycles. The van der Waals surface area contributed by atoms with E-state index in [1.54, 1.807) is 12.1 Å². The Labute approximate surface area is 223 Å². The highest BCUT2D eigenvalue weighted by Crippen LogP contribution is 2.30. The van der Waals surface area contributed by atoms with Gasteiger partial charge in [0.15, 0.2) is 5.82 Å². The summed E-state index contributed by atoms with van der Waals surface area (Å²) in [6.07, 6.45) is 0.152. The average molecular weight is 537 g/mol. The van der Waals surface area contributed by atoms with Gasteiger partial charge in [0.05, 0.1) is 28.7 Å². The minimum absolute atomic E-state index is 0.115. The minimum atomic E-state index is -3.63. The number of imidazole rings is 1. The lowest BCUT2D eigenvalue weighted by molar-refractivity contribution is -0.145. The van der Waals surface area contributed by atoms with Gasteiger partial charge in [-0.2, -0.15) is 8.78 Å². The van der Waals surface area contributed by atoms with Crippen LogP contribution in [-0.2, 0) is 23.2 Å². The third kappa shape index (κ3) is 4.73. The van der Waals surface area contributed by atoms with E-state index >= 15 is 0 Å². The lowest BCUT2D eigenvalue weighted by Gasteiger charge is -2.38. The van der Waals surface area contributed by atoms with Gasteiger partial charge in [0, 0.05) is 50.1 Å². The first-order chi connectivity index (χ1) is 18.5. The van der Waals surface area contributed by atoms with E-state index in [9.17, 15) is 23.2 Å². The van der Waals surface area contributed by atoms with Crippen LogP contribution >= 0.6 is 0 Å². The predicted molar refractivity (Wildman–Crippen MR) is 143 cm³/mol. The second-order valence-corrected chi connectivity index (χ2v) is 10.0. The highest BCUT2D eigenvalue weighted by atomic mass is 19.3. The fourth-order valence-electron chi connectivity index (χ4n) is 5.40. The number of carbonyl (C=O) groups is 3. The van der Waals surface area contributed by atoms with Crippen LogP contribution < -0.4 is 11.1 Å². The van der Waals surface area contributed by atoms with Crippen molar-refractivity contribution in [1.82, 2.24) is 24.3 Å². The van der Waals surface area contributed by atoms with Crippen molar-refractivity contribution in [3.63, 3.8) is 0 Å². The maximum Gasteiger partial charge on any atom is 0.321 e. The summed E-state index contributed by atoms with van der Waals surface area (Å²) in [7, 11) is 1.93. The SMILES string of the molecule is CCn1c(-c2nc3cc(C(=O)N4CCC(C(N)=O)C(NC(=O)C(C)(F)F)C4)ccc3n2C)cc2ccccc21. The first kappa shape index (κ1) is 26.3. The number of primary amides is 1. The number of benzene rings is 2. The molecule has 0 spiro atoms. The minimum Gasteiger partial charge on any atom is -0.369 e. The van der Waals surface area contributed by atoms with Crippen LogP contribution in [0.2, 0.25) is 0 Å². The van der Waals surface area contributed by atoms with E-state index in [1.807, 2.05) is 29.8 Å². The number of hydrogen-bond donors (Lipinski definition) is 2. The van der Waals surface area contributed by atoms with Gasteiger partial charge in [0.1, 0.15) is 0 Å². The molecule has 2 aromatic carbocycles. The quantitative estimate of drug-likeness (QED) is 0.393. The van der Waals surface area contributed by atoms with E-state index in [0.29, 0.717) is 18.0 Å². The number of amides is 3. The van der Waals surface area contributed by atoms with E-state index in [0.717, 1.165) is 34.5 Å². The van der Waals surface area contributed by atoms with Crippen molar-refractivity contribution in [2.24, 2.45) is 18.7 Å². The fraction of sp³-hybridized carbons (Fsp3) is 0.357. The molecule has 1 aliphatic heterocycles. The van der Waals surface area contributed by atoms with Crippen LogP contribution in [0, 0.1) is 5.92 Å². The van der Waals surface area contributed by atoms with E-state index in [4.69, 9.17) is 10.7 Å². The number of halogens is 2. The maximum atomic E-state index is 13.5. The van der Waals surface area contributed by atoms with Crippen LogP contribution in [0.4, 0.5) is 8.78 Å². The molecule has 0 bridgehead atoms. The van der Waals surface area contributed by atoms with Gasteiger partial charge >= 0.3 is 5.92 Å². The van der Waals surface area contributed by atoms with Gasteiger partial charge in [0.25, 0.3) is 11.8 Å². The van der Waals surface area contributed by atoms with E-state index in [-0.39, 0.29) is 25.4 Å². The third-order valence-corrected chi connectivity index (χ3v) is 7.46. The Morgan fingerprint density at radius 3 is 2.56 bits per heavy atom. The molecule has 4 aromatic rings. The van der Waals surface area contributed by atoms with E-state index in [1.165, 1.54) is 4.90 Å². The van der Waals surface area contributed by atoms with E-state index in [2.05, 4.69) is 35.0 Å². The number of aryl methyl sites for hydroxylation is 2. The molecule has 2 unspecified atom stereocenters. The maximum absolute atomic E-state index is 13.5. The molecule has 1 fully saturated rings. The topological polar surface area (TPSA) is 115 Å². The first-order valence-corrected chi connectivity index (χ1v) is 12.8. The van der Waals surface area contributed by atoms with Crippen LogP contribution in [0.1, 0.15) is 30.6 Å². The molecule has 39 heavy (non-hydrogen) atoms. The number of para-hydroxylation sites is 1. The second kappa shape index (κ2) is 9.79. The zero-order chi connectivity index (χ0) is 28.1. The smallest absolute Gasteiger partial charge is 0.321 e. The van der Waals surface area contributed by atoms with E-state index < -0.39 is 29.7 Å². The number of nitrogens with two attached hydrogens (primary N) is 1. The Morgan fingerprint density at radius 2 is 1.87 bits per heavy atom. The number of nitrogens with one attached hydrogen (secondary N) is 1. The molecular weight excluding hydrogens is 506 g/mol. The number of likely N-dealkylation sites (tertiary alicyclic amines) is 1. The van der Waals surface area contributed by atoms with Crippen molar-refractivity contribution >= 4 is 39.7 Å². The van der Waals surface area contributed by atoms with Gasteiger partial charge in [-0.25, -0.2) is 4.98 Å². The van der Waals surface area contributed by atoms with Crippen molar-refractivity contribution in [3.8, 4) is 11.5 Å². The van der Waals surface area contributed by atoms with Crippen molar-refractivity contribution in [2.45, 2.75) is 38.8 Å². The molecule has 1 saturated heterocycles. The standard InChI is InChI=1S/C28H30F2N6O3/c1-4-36-21-8-6-5-7-16(21)14-23(36)25-32-19-13-17(9-10-22(19)34(25)3)26(38)35-12-11-18(24(31)37)20(15-35)33-27(39)28(2,29)30/h5-10,13-14,18,20H,4,11-12,15H2,1-3H3,(H2,31,37)(H,33,39). The number of alkyl halides is 2.